The zero-order valence-electron chi connectivity index (χ0n) is 9.99. The molecule has 4 heteroatoms. The molecular formula is C12H18N2OS. The van der Waals surface area contributed by atoms with Crippen LogP contribution in [-0.4, -0.2) is 32.3 Å². The van der Waals surface area contributed by atoms with Crippen molar-refractivity contribution in [1.29, 1.82) is 0 Å². The number of ether oxygens (including phenoxy) is 1. The van der Waals surface area contributed by atoms with E-state index in [0.29, 0.717) is 11.6 Å². The number of aryl methyl sites for hydroxylation is 1. The van der Waals surface area contributed by atoms with E-state index in [9.17, 15) is 0 Å². The van der Waals surface area contributed by atoms with Crippen LogP contribution >= 0.6 is 12.2 Å². The van der Waals surface area contributed by atoms with Crippen LogP contribution in [0.15, 0.2) is 18.2 Å². The number of likely N-dealkylation sites (N-methyl/N-ethyl adjacent to an activating group) is 1. The standard InChI is InChI=1S/C12H18N2OS/c1-9-8-10(14(2)6-7-15-3)4-5-11(9)12(13)16/h4-5,8H,6-7H2,1-3H3,(H2,13,16). The van der Waals surface area contributed by atoms with E-state index >= 15 is 0 Å². The molecule has 0 saturated heterocycles. The first-order valence-electron chi connectivity index (χ1n) is 5.16. The monoisotopic (exact) mass is 238 g/mol. The lowest BCUT2D eigenvalue weighted by Gasteiger charge is -2.20. The fourth-order valence-corrected chi connectivity index (χ4v) is 1.75. The second-order valence-corrected chi connectivity index (χ2v) is 4.22. The number of hydrogen-bond acceptors (Lipinski definition) is 3. The van der Waals surface area contributed by atoms with E-state index in [1.165, 1.54) is 0 Å². The lowest BCUT2D eigenvalue weighted by molar-refractivity contribution is 0.206. The largest absolute Gasteiger partial charge is 0.389 e. The van der Waals surface area contributed by atoms with Gasteiger partial charge in [0, 0.05) is 32.0 Å². The van der Waals surface area contributed by atoms with Gasteiger partial charge in [-0.2, -0.15) is 0 Å². The maximum atomic E-state index is 5.62. The van der Waals surface area contributed by atoms with Gasteiger partial charge in [-0.1, -0.05) is 12.2 Å². The van der Waals surface area contributed by atoms with Crippen molar-refractivity contribution in [1.82, 2.24) is 0 Å². The molecule has 0 aromatic heterocycles. The molecule has 0 aliphatic rings. The summed E-state index contributed by atoms with van der Waals surface area (Å²) < 4.78 is 5.04. The lowest BCUT2D eigenvalue weighted by Crippen LogP contribution is -2.22. The number of thiocarbonyl (C=S) groups is 1. The molecule has 0 aliphatic carbocycles. The third-order valence-corrected chi connectivity index (χ3v) is 2.77. The summed E-state index contributed by atoms with van der Waals surface area (Å²) in [4.78, 5) is 2.59. The molecule has 0 fully saturated rings. The molecule has 0 unspecified atom stereocenters. The number of nitrogens with two attached hydrogens (primary N) is 1. The minimum atomic E-state index is 0.448. The van der Waals surface area contributed by atoms with Crippen LogP contribution in [-0.2, 0) is 4.74 Å². The molecule has 0 heterocycles. The molecule has 2 N–H and O–H groups in total. The minimum absolute atomic E-state index is 0.448. The summed E-state index contributed by atoms with van der Waals surface area (Å²) in [6.07, 6.45) is 0. The van der Waals surface area contributed by atoms with Gasteiger partial charge in [-0.3, -0.25) is 0 Å². The summed E-state index contributed by atoms with van der Waals surface area (Å²) in [5.41, 5.74) is 8.82. The zero-order chi connectivity index (χ0) is 12.1. The quantitative estimate of drug-likeness (QED) is 0.793. The van der Waals surface area contributed by atoms with Crippen molar-refractivity contribution in [3.8, 4) is 0 Å². The summed E-state index contributed by atoms with van der Waals surface area (Å²) in [6.45, 7) is 3.59. The first-order chi connectivity index (χ1) is 7.56. The maximum Gasteiger partial charge on any atom is 0.104 e. The van der Waals surface area contributed by atoms with Crippen molar-refractivity contribution in [2.45, 2.75) is 6.92 Å². The topological polar surface area (TPSA) is 38.5 Å². The Kier molecular flexibility index (Phi) is 4.71. The Balaban J connectivity index is 2.84. The molecule has 1 aromatic carbocycles. The van der Waals surface area contributed by atoms with Crippen molar-refractivity contribution in [3.05, 3.63) is 29.3 Å². The van der Waals surface area contributed by atoms with Crippen LogP contribution in [0.5, 0.6) is 0 Å². The molecule has 0 bridgehead atoms. The predicted molar refractivity (Wildman–Crippen MR) is 72.2 cm³/mol. The van der Waals surface area contributed by atoms with Crippen molar-refractivity contribution in [3.63, 3.8) is 0 Å². The fraction of sp³-hybridized carbons (Fsp3) is 0.417. The SMILES string of the molecule is COCCN(C)c1ccc(C(N)=S)c(C)c1. The molecule has 1 aromatic rings. The molecule has 88 valence electrons. The van der Waals surface area contributed by atoms with Crippen molar-refractivity contribution < 1.29 is 4.74 Å². The van der Waals surface area contributed by atoms with Crippen molar-refractivity contribution >= 4 is 22.9 Å². The van der Waals surface area contributed by atoms with Crippen LogP contribution in [0.4, 0.5) is 5.69 Å². The molecule has 16 heavy (non-hydrogen) atoms. The highest BCUT2D eigenvalue weighted by Gasteiger charge is 2.05. The number of benzene rings is 1. The van der Waals surface area contributed by atoms with Gasteiger partial charge >= 0.3 is 0 Å². The zero-order valence-corrected chi connectivity index (χ0v) is 10.8. The normalized spacial score (nSPS) is 10.2. The van der Waals surface area contributed by atoms with Gasteiger partial charge in [0.15, 0.2) is 0 Å². The third kappa shape index (κ3) is 3.18. The third-order valence-electron chi connectivity index (χ3n) is 2.55. The molecule has 0 spiro atoms. The number of anilines is 1. The number of hydrogen-bond donors (Lipinski definition) is 1. The van der Waals surface area contributed by atoms with Crippen molar-refractivity contribution in [2.75, 3.05) is 32.2 Å². The molecule has 0 saturated carbocycles. The van der Waals surface area contributed by atoms with Gasteiger partial charge in [0.2, 0.25) is 0 Å². The number of nitrogens with zero attached hydrogens (tertiary/aromatic N) is 1. The van der Waals surface area contributed by atoms with Gasteiger partial charge in [-0.15, -0.1) is 0 Å². The molecule has 0 amide bonds. The first-order valence-corrected chi connectivity index (χ1v) is 5.57. The predicted octanol–water partition coefficient (Wildman–Crippen LogP) is 1.71. The minimum Gasteiger partial charge on any atom is -0.389 e. The van der Waals surface area contributed by atoms with Gasteiger partial charge in [-0.25, -0.2) is 0 Å². The smallest absolute Gasteiger partial charge is 0.104 e. The van der Waals surface area contributed by atoms with E-state index in [1.54, 1.807) is 7.11 Å². The van der Waals surface area contributed by atoms with Crippen LogP contribution in [0, 0.1) is 6.92 Å². The van der Waals surface area contributed by atoms with Crippen molar-refractivity contribution in [2.24, 2.45) is 5.73 Å². The van der Waals surface area contributed by atoms with E-state index in [0.717, 1.165) is 23.4 Å². The Morgan fingerprint density at radius 2 is 2.19 bits per heavy atom. The van der Waals surface area contributed by atoms with Crippen LogP contribution in [0.2, 0.25) is 0 Å². The van der Waals surface area contributed by atoms with Crippen LogP contribution in [0.1, 0.15) is 11.1 Å². The highest BCUT2D eigenvalue weighted by Crippen LogP contribution is 2.18. The van der Waals surface area contributed by atoms with Gasteiger partial charge in [0.05, 0.1) is 6.61 Å². The summed E-state index contributed by atoms with van der Waals surface area (Å²) in [7, 11) is 3.74. The Morgan fingerprint density at radius 1 is 1.50 bits per heavy atom. The summed E-state index contributed by atoms with van der Waals surface area (Å²) in [6, 6.07) is 6.08. The average Bonchev–Trinajstić information content (AvgIpc) is 2.25. The van der Waals surface area contributed by atoms with E-state index in [1.807, 2.05) is 26.1 Å². The summed E-state index contributed by atoms with van der Waals surface area (Å²) in [5.74, 6) is 0. The second kappa shape index (κ2) is 5.82. The Bertz CT molecular complexity index is 379. The average molecular weight is 238 g/mol. The molecular weight excluding hydrogens is 220 g/mol. The van der Waals surface area contributed by atoms with Gasteiger partial charge < -0.3 is 15.4 Å². The highest BCUT2D eigenvalue weighted by molar-refractivity contribution is 7.80. The first kappa shape index (κ1) is 12.9. The van der Waals surface area contributed by atoms with E-state index in [4.69, 9.17) is 22.7 Å². The summed E-state index contributed by atoms with van der Waals surface area (Å²) in [5, 5.41) is 0. The lowest BCUT2D eigenvalue weighted by atomic mass is 10.1. The van der Waals surface area contributed by atoms with Crippen LogP contribution in [0.25, 0.3) is 0 Å². The van der Waals surface area contributed by atoms with Gasteiger partial charge in [0.25, 0.3) is 0 Å². The molecule has 0 atom stereocenters. The Morgan fingerprint density at radius 3 is 2.69 bits per heavy atom. The molecule has 1 rings (SSSR count). The van der Waals surface area contributed by atoms with Gasteiger partial charge in [0.1, 0.15) is 4.99 Å². The Labute approximate surface area is 102 Å². The number of rotatable bonds is 5. The molecule has 0 aliphatic heterocycles. The number of methoxy groups -OCH3 is 1. The van der Waals surface area contributed by atoms with Crippen LogP contribution in [0.3, 0.4) is 0 Å². The molecule has 3 nitrogen and oxygen atoms in total. The van der Waals surface area contributed by atoms with E-state index in [-0.39, 0.29) is 0 Å². The van der Waals surface area contributed by atoms with E-state index < -0.39 is 0 Å². The second-order valence-electron chi connectivity index (χ2n) is 3.78. The summed E-state index contributed by atoms with van der Waals surface area (Å²) >= 11 is 4.97. The van der Waals surface area contributed by atoms with Crippen LogP contribution < -0.4 is 10.6 Å². The highest BCUT2D eigenvalue weighted by atomic mass is 32.1. The fourth-order valence-electron chi connectivity index (χ4n) is 1.52. The maximum absolute atomic E-state index is 5.62. The molecule has 0 radical (unpaired) electrons. The van der Waals surface area contributed by atoms with E-state index in [2.05, 4.69) is 11.0 Å². The Hall–Kier alpha value is -1.13. The van der Waals surface area contributed by atoms with Gasteiger partial charge in [-0.05, 0) is 30.7 Å².